The van der Waals surface area contributed by atoms with Gasteiger partial charge in [0.25, 0.3) is 0 Å². The van der Waals surface area contributed by atoms with E-state index >= 15 is 0 Å². The Labute approximate surface area is 99.0 Å². The zero-order chi connectivity index (χ0) is 10.8. The molecule has 1 atom stereocenters. The average Bonchev–Trinajstić information content (AvgIpc) is 2.64. The lowest BCUT2D eigenvalue weighted by Crippen LogP contribution is -2.21. The topological polar surface area (TPSA) is 29.0 Å². The van der Waals surface area contributed by atoms with Crippen LogP contribution in [0.4, 0.5) is 5.82 Å². The van der Waals surface area contributed by atoms with Gasteiger partial charge >= 0.3 is 0 Å². The van der Waals surface area contributed by atoms with Crippen LogP contribution >= 0.6 is 15.9 Å². The highest BCUT2D eigenvalue weighted by Crippen LogP contribution is 2.23. The summed E-state index contributed by atoms with van der Waals surface area (Å²) in [6, 6.07) is 2.07. The molecule has 82 valence electrons. The molecule has 2 heterocycles. The standard InChI is InChI=1S/C11H16BrN3/c1-8-5-11(14-9(2)13-8)15-4-3-10(6-12)7-15/h5,10H,3-4,6-7H2,1-2H3. The molecule has 0 amide bonds. The Hall–Kier alpha value is -0.640. The summed E-state index contributed by atoms with van der Waals surface area (Å²) in [6.07, 6.45) is 1.26. The third-order valence-corrected chi connectivity index (χ3v) is 3.70. The molecule has 0 spiro atoms. The highest BCUT2D eigenvalue weighted by atomic mass is 79.9. The Balaban J connectivity index is 2.16. The van der Waals surface area contributed by atoms with Crippen molar-refractivity contribution in [2.75, 3.05) is 23.3 Å². The quantitative estimate of drug-likeness (QED) is 0.772. The van der Waals surface area contributed by atoms with Crippen molar-refractivity contribution in [3.8, 4) is 0 Å². The molecule has 4 heteroatoms. The molecule has 3 nitrogen and oxygen atoms in total. The minimum Gasteiger partial charge on any atom is -0.356 e. The fourth-order valence-corrected chi connectivity index (χ4v) is 2.55. The summed E-state index contributed by atoms with van der Waals surface area (Å²) >= 11 is 3.55. The molecular formula is C11H16BrN3. The minimum absolute atomic E-state index is 0.764. The van der Waals surface area contributed by atoms with Crippen molar-refractivity contribution in [3.05, 3.63) is 17.6 Å². The maximum absolute atomic E-state index is 4.48. The van der Waals surface area contributed by atoms with Gasteiger partial charge in [-0.3, -0.25) is 0 Å². The van der Waals surface area contributed by atoms with Gasteiger partial charge in [0.2, 0.25) is 0 Å². The van der Waals surface area contributed by atoms with E-state index < -0.39 is 0 Å². The van der Waals surface area contributed by atoms with Crippen molar-refractivity contribution in [2.45, 2.75) is 20.3 Å². The van der Waals surface area contributed by atoms with E-state index in [4.69, 9.17) is 0 Å². The van der Waals surface area contributed by atoms with E-state index in [2.05, 4.69) is 36.9 Å². The third kappa shape index (κ3) is 2.48. The number of hydrogen-bond donors (Lipinski definition) is 0. The molecule has 1 aliphatic rings. The maximum atomic E-state index is 4.48. The predicted octanol–water partition coefficient (Wildman–Crippen LogP) is 2.31. The Morgan fingerprint density at radius 1 is 1.47 bits per heavy atom. The lowest BCUT2D eigenvalue weighted by molar-refractivity contribution is 0.675. The van der Waals surface area contributed by atoms with Crippen molar-refractivity contribution in [1.29, 1.82) is 0 Å². The molecule has 1 fully saturated rings. The third-order valence-electron chi connectivity index (χ3n) is 2.78. The fraction of sp³-hybridized carbons (Fsp3) is 0.636. The number of hydrogen-bond acceptors (Lipinski definition) is 3. The van der Waals surface area contributed by atoms with Crippen molar-refractivity contribution in [1.82, 2.24) is 9.97 Å². The monoisotopic (exact) mass is 269 g/mol. The number of rotatable bonds is 2. The van der Waals surface area contributed by atoms with E-state index in [9.17, 15) is 0 Å². The number of nitrogens with zero attached hydrogens (tertiary/aromatic N) is 3. The molecule has 0 aliphatic carbocycles. The molecule has 1 aromatic rings. The van der Waals surface area contributed by atoms with Crippen LogP contribution in [0, 0.1) is 19.8 Å². The number of halogens is 1. The first-order chi connectivity index (χ1) is 7.19. The molecular weight excluding hydrogens is 254 g/mol. The molecule has 0 radical (unpaired) electrons. The van der Waals surface area contributed by atoms with Gasteiger partial charge in [0.1, 0.15) is 11.6 Å². The molecule has 1 saturated heterocycles. The molecule has 1 aromatic heterocycles. The lowest BCUT2D eigenvalue weighted by Gasteiger charge is -2.17. The summed E-state index contributed by atoms with van der Waals surface area (Å²) in [5.41, 5.74) is 1.06. The van der Waals surface area contributed by atoms with Gasteiger partial charge < -0.3 is 4.90 Å². The Morgan fingerprint density at radius 2 is 2.27 bits per heavy atom. The second-order valence-electron chi connectivity index (χ2n) is 4.17. The lowest BCUT2D eigenvalue weighted by atomic mass is 10.2. The van der Waals surface area contributed by atoms with Gasteiger partial charge in [-0.2, -0.15) is 0 Å². The second-order valence-corrected chi connectivity index (χ2v) is 4.82. The molecule has 0 saturated carbocycles. The number of alkyl halides is 1. The summed E-state index contributed by atoms with van der Waals surface area (Å²) in [6.45, 7) is 6.21. The SMILES string of the molecule is Cc1cc(N2CCC(CBr)C2)nc(C)n1. The molecule has 0 aromatic carbocycles. The molecule has 2 rings (SSSR count). The molecule has 1 unspecified atom stereocenters. The number of anilines is 1. The average molecular weight is 270 g/mol. The summed E-state index contributed by atoms with van der Waals surface area (Å²) in [7, 11) is 0. The smallest absolute Gasteiger partial charge is 0.132 e. The van der Waals surface area contributed by atoms with Crippen LogP contribution in [0.15, 0.2) is 6.07 Å². The van der Waals surface area contributed by atoms with Crippen LogP contribution in [0.25, 0.3) is 0 Å². The zero-order valence-electron chi connectivity index (χ0n) is 9.20. The normalized spacial score (nSPS) is 21.0. The predicted molar refractivity (Wildman–Crippen MR) is 65.6 cm³/mol. The molecule has 0 bridgehead atoms. The van der Waals surface area contributed by atoms with E-state index in [1.165, 1.54) is 6.42 Å². The highest BCUT2D eigenvalue weighted by molar-refractivity contribution is 9.09. The Bertz CT molecular complexity index is 333. The van der Waals surface area contributed by atoms with Crippen molar-refractivity contribution in [2.24, 2.45) is 5.92 Å². The van der Waals surface area contributed by atoms with E-state index in [0.29, 0.717) is 0 Å². The van der Waals surface area contributed by atoms with Gasteiger partial charge in [0, 0.05) is 30.2 Å². The van der Waals surface area contributed by atoms with Gasteiger partial charge in [-0.05, 0) is 26.2 Å². The molecule has 1 aliphatic heterocycles. The van der Waals surface area contributed by atoms with E-state index in [1.807, 2.05) is 13.8 Å². The summed E-state index contributed by atoms with van der Waals surface area (Å²) in [5.74, 6) is 2.72. The maximum Gasteiger partial charge on any atom is 0.132 e. The Morgan fingerprint density at radius 3 is 2.87 bits per heavy atom. The van der Waals surface area contributed by atoms with Gasteiger partial charge in [0.15, 0.2) is 0 Å². The minimum atomic E-state index is 0.764. The van der Waals surface area contributed by atoms with Crippen molar-refractivity contribution in [3.63, 3.8) is 0 Å². The first-order valence-electron chi connectivity index (χ1n) is 5.32. The highest BCUT2D eigenvalue weighted by Gasteiger charge is 2.22. The van der Waals surface area contributed by atoms with Crippen LogP contribution in [0.1, 0.15) is 17.9 Å². The van der Waals surface area contributed by atoms with Crippen molar-refractivity contribution >= 4 is 21.7 Å². The van der Waals surface area contributed by atoms with Crippen LogP contribution in [0.2, 0.25) is 0 Å². The Kier molecular flexibility index (Phi) is 3.24. The first-order valence-corrected chi connectivity index (χ1v) is 6.44. The molecule has 15 heavy (non-hydrogen) atoms. The number of aromatic nitrogens is 2. The largest absolute Gasteiger partial charge is 0.356 e. The van der Waals surface area contributed by atoms with E-state index in [0.717, 1.165) is 41.7 Å². The first kappa shape index (κ1) is 10.9. The van der Waals surface area contributed by atoms with Crippen LogP contribution in [-0.4, -0.2) is 28.4 Å². The van der Waals surface area contributed by atoms with Crippen LogP contribution in [-0.2, 0) is 0 Å². The summed E-state index contributed by atoms with van der Waals surface area (Å²) in [5, 5.41) is 1.09. The van der Waals surface area contributed by atoms with Gasteiger partial charge in [0.05, 0.1) is 0 Å². The van der Waals surface area contributed by atoms with E-state index in [1.54, 1.807) is 0 Å². The van der Waals surface area contributed by atoms with Crippen LogP contribution in [0.5, 0.6) is 0 Å². The van der Waals surface area contributed by atoms with Gasteiger partial charge in [-0.1, -0.05) is 15.9 Å². The molecule has 0 N–H and O–H groups in total. The van der Waals surface area contributed by atoms with Crippen LogP contribution < -0.4 is 4.90 Å². The van der Waals surface area contributed by atoms with Gasteiger partial charge in [-0.25, -0.2) is 9.97 Å². The van der Waals surface area contributed by atoms with Gasteiger partial charge in [-0.15, -0.1) is 0 Å². The fourth-order valence-electron chi connectivity index (χ4n) is 2.03. The van der Waals surface area contributed by atoms with E-state index in [-0.39, 0.29) is 0 Å². The van der Waals surface area contributed by atoms with Crippen LogP contribution in [0.3, 0.4) is 0 Å². The number of aryl methyl sites for hydroxylation is 2. The second kappa shape index (κ2) is 4.47. The van der Waals surface area contributed by atoms with Crippen molar-refractivity contribution < 1.29 is 0 Å². The zero-order valence-corrected chi connectivity index (χ0v) is 10.8. The summed E-state index contributed by atoms with van der Waals surface area (Å²) < 4.78 is 0. The summed E-state index contributed by atoms with van der Waals surface area (Å²) in [4.78, 5) is 11.1.